The first kappa shape index (κ1) is 32.3. The summed E-state index contributed by atoms with van der Waals surface area (Å²) in [6.07, 6.45) is 0.202. The molecule has 0 aromatic heterocycles. The van der Waals surface area contributed by atoms with Crippen molar-refractivity contribution in [3.05, 3.63) is 33.8 Å². The van der Waals surface area contributed by atoms with Crippen LogP contribution in [-0.4, -0.2) is 54.4 Å². The lowest BCUT2D eigenvalue weighted by atomic mass is 9.98. The van der Waals surface area contributed by atoms with Crippen molar-refractivity contribution in [3.63, 3.8) is 0 Å². The van der Waals surface area contributed by atoms with E-state index in [2.05, 4.69) is 0 Å². The summed E-state index contributed by atoms with van der Waals surface area (Å²) in [6, 6.07) is 4.78. The normalized spacial score (nSPS) is 13.1. The van der Waals surface area contributed by atoms with Crippen molar-refractivity contribution in [1.29, 1.82) is 0 Å². The number of carbonyl (C=O) groups is 3. The van der Waals surface area contributed by atoms with E-state index in [1.165, 1.54) is 0 Å². The van der Waals surface area contributed by atoms with E-state index in [1.807, 2.05) is 0 Å². The van der Waals surface area contributed by atoms with Gasteiger partial charge in [-0.2, -0.15) is 0 Å². The minimum Gasteiger partial charge on any atom is -0.438 e. The first-order valence-corrected chi connectivity index (χ1v) is 13.4. The monoisotopic (exact) mass is 569 g/mol. The molecule has 0 aliphatic heterocycles. The Morgan fingerprint density at radius 3 is 1.92 bits per heavy atom. The number of ether oxygens (including phenoxy) is 2. The van der Waals surface area contributed by atoms with Crippen LogP contribution in [0.4, 0.5) is 0 Å². The summed E-state index contributed by atoms with van der Waals surface area (Å²) in [5.74, 6) is -1.20. The third kappa shape index (κ3) is 10.7. The van der Waals surface area contributed by atoms with Gasteiger partial charge in [0.05, 0.1) is 26.5 Å². The van der Waals surface area contributed by atoms with Gasteiger partial charge in [-0.25, -0.2) is 5.06 Å². The van der Waals surface area contributed by atoms with Crippen molar-refractivity contribution in [2.75, 3.05) is 20.1 Å². The highest BCUT2D eigenvalue weighted by molar-refractivity contribution is 7.54. The van der Waals surface area contributed by atoms with Gasteiger partial charge in [-0.1, -0.05) is 29.3 Å². The van der Waals surface area contributed by atoms with Gasteiger partial charge in [0.15, 0.2) is 0 Å². The first-order chi connectivity index (χ1) is 16.5. The number of hydroxylamine groups is 2. The Bertz CT molecular complexity index is 924. The second-order valence-electron chi connectivity index (χ2n) is 10.1. The van der Waals surface area contributed by atoms with Gasteiger partial charge in [-0.15, -0.1) is 0 Å². The molecule has 36 heavy (non-hydrogen) atoms. The molecule has 0 spiro atoms. The molecule has 0 aliphatic rings. The molecule has 1 aromatic rings. The van der Waals surface area contributed by atoms with E-state index in [9.17, 15) is 24.2 Å². The van der Waals surface area contributed by atoms with Gasteiger partial charge in [-0.05, 0) is 72.1 Å². The molecule has 10 nitrogen and oxygen atoms in total. The Kier molecular flexibility index (Phi) is 12.4. The first-order valence-electron chi connectivity index (χ1n) is 11.1. The summed E-state index contributed by atoms with van der Waals surface area (Å²) in [5.41, 5.74) is -2.03. The number of hydrogen-bond donors (Lipinski definition) is 1. The molecule has 1 atom stereocenters. The molecule has 1 unspecified atom stereocenters. The van der Waals surface area contributed by atoms with Crippen LogP contribution in [0.1, 0.15) is 53.5 Å². The number of hydrogen-bond acceptors (Lipinski definition) is 9. The van der Waals surface area contributed by atoms with E-state index in [0.717, 1.165) is 0 Å². The minimum absolute atomic E-state index is 0.0484. The minimum atomic E-state index is -4.19. The van der Waals surface area contributed by atoms with Crippen LogP contribution in [0.2, 0.25) is 10.0 Å². The standard InChI is InChI=1S/C23H34Cl2NO9P/c1-22(2,3)20(28)32-14-34-36(31,35-15-33-21(29)23(4,5)6)17(9-10-26(30)13-27)11-16-7-8-18(24)19(25)12-16/h7-8,12-13,17,30H,9-11,14-15H2,1-6H3. The van der Waals surface area contributed by atoms with Crippen LogP contribution >= 0.6 is 30.8 Å². The predicted octanol–water partition coefficient (Wildman–Crippen LogP) is 5.46. The summed E-state index contributed by atoms with van der Waals surface area (Å²) in [4.78, 5) is 35.2. The highest BCUT2D eigenvalue weighted by Crippen LogP contribution is 2.55. The molecule has 0 heterocycles. The zero-order valence-corrected chi connectivity index (χ0v) is 23.7. The number of halogens is 2. The fraction of sp³-hybridized carbons (Fsp3) is 0.609. The zero-order chi connectivity index (χ0) is 27.7. The third-order valence-electron chi connectivity index (χ3n) is 4.79. The van der Waals surface area contributed by atoms with Crippen molar-refractivity contribution >= 4 is 49.1 Å². The number of benzene rings is 1. The Balaban J connectivity index is 3.22. The number of esters is 2. The number of carbonyl (C=O) groups excluding carboxylic acids is 3. The van der Waals surface area contributed by atoms with Gasteiger partial charge >= 0.3 is 19.5 Å². The Hall–Kier alpha value is -1.68. The number of rotatable bonds is 13. The molecule has 13 heteroatoms. The van der Waals surface area contributed by atoms with Crippen molar-refractivity contribution in [2.45, 2.75) is 60.0 Å². The largest absolute Gasteiger partial charge is 0.438 e. The van der Waals surface area contributed by atoms with Crippen LogP contribution in [0.15, 0.2) is 18.2 Å². The quantitative estimate of drug-likeness (QED) is 0.0821. The summed E-state index contributed by atoms with van der Waals surface area (Å²) in [6.45, 7) is 8.22. The zero-order valence-electron chi connectivity index (χ0n) is 21.3. The SMILES string of the molecule is CC(C)(C)C(=O)OCOP(=O)(OCOC(=O)C(C)(C)C)C(CCN(O)C=O)Cc1ccc(Cl)c(Cl)c1. The maximum atomic E-state index is 14.0. The molecule has 0 saturated heterocycles. The topological polar surface area (TPSA) is 129 Å². The van der Waals surface area contributed by atoms with Crippen LogP contribution < -0.4 is 0 Å². The van der Waals surface area contributed by atoms with Gasteiger partial charge in [0.1, 0.15) is 0 Å². The van der Waals surface area contributed by atoms with Crippen molar-refractivity contribution < 1.29 is 42.7 Å². The second-order valence-corrected chi connectivity index (χ2v) is 13.2. The summed E-state index contributed by atoms with van der Waals surface area (Å²) < 4.78 is 35.1. The van der Waals surface area contributed by atoms with Crippen LogP contribution in [-0.2, 0) is 43.9 Å². The number of nitrogens with zero attached hydrogens (tertiary/aromatic N) is 1. The molecular weight excluding hydrogens is 536 g/mol. The lowest BCUT2D eigenvalue weighted by Gasteiger charge is -2.28. The molecule has 0 radical (unpaired) electrons. The Morgan fingerprint density at radius 1 is 1.00 bits per heavy atom. The van der Waals surface area contributed by atoms with Gasteiger partial charge in [0.2, 0.25) is 20.0 Å². The van der Waals surface area contributed by atoms with Crippen LogP contribution in [0.25, 0.3) is 0 Å². The molecule has 1 rings (SSSR count). The van der Waals surface area contributed by atoms with Crippen molar-refractivity contribution in [1.82, 2.24) is 5.06 Å². The van der Waals surface area contributed by atoms with Crippen LogP contribution in [0.5, 0.6) is 0 Å². The van der Waals surface area contributed by atoms with E-state index in [1.54, 1.807) is 59.7 Å². The number of amides is 1. The lowest BCUT2D eigenvalue weighted by molar-refractivity contribution is -0.162. The smallest absolute Gasteiger partial charge is 0.339 e. The molecule has 1 N–H and O–H groups in total. The average molecular weight is 570 g/mol. The molecule has 0 fully saturated rings. The highest BCUT2D eigenvalue weighted by Gasteiger charge is 2.38. The lowest BCUT2D eigenvalue weighted by Crippen LogP contribution is -2.28. The van der Waals surface area contributed by atoms with Crippen LogP contribution in [0.3, 0.4) is 0 Å². The van der Waals surface area contributed by atoms with Crippen molar-refractivity contribution in [3.8, 4) is 0 Å². The molecule has 0 saturated carbocycles. The molecule has 1 aromatic carbocycles. The Morgan fingerprint density at radius 2 is 1.50 bits per heavy atom. The van der Waals surface area contributed by atoms with E-state index in [-0.39, 0.29) is 30.8 Å². The van der Waals surface area contributed by atoms with E-state index in [0.29, 0.717) is 15.6 Å². The fourth-order valence-corrected chi connectivity index (χ4v) is 4.71. The predicted molar refractivity (Wildman–Crippen MR) is 134 cm³/mol. The summed E-state index contributed by atoms with van der Waals surface area (Å²) in [5, 5.41) is 10.6. The maximum absolute atomic E-state index is 14.0. The second kappa shape index (κ2) is 13.7. The van der Waals surface area contributed by atoms with Gasteiger partial charge in [-0.3, -0.25) is 33.2 Å². The maximum Gasteiger partial charge on any atom is 0.339 e. The van der Waals surface area contributed by atoms with Gasteiger partial charge < -0.3 is 9.47 Å². The van der Waals surface area contributed by atoms with E-state index in [4.69, 9.17) is 41.7 Å². The summed E-state index contributed by atoms with van der Waals surface area (Å²) in [7, 11) is -4.19. The molecule has 0 bridgehead atoms. The highest BCUT2D eigenvalue weighted by atomic mass is 35.5. The summed E-state index contributed by atoms with van der Waals surface area (Å²) >= 11 is 12.1. The van der Waals surface area contributed by atoms with Gasteiger partial charge in [0.25, 0.3) is 0 Å². The molecular formula is C23H34Cl2NO9P. The molecule has 204 valence electrons. The van der Waals surface area contributed by atoms with Crippen LogP contribution in [0, 0.1) is 10.8 Å². The van der Waals surface area contributed by atoms with Crippen molar-refractivity contribution in [2.24, 2.45) is 10.8 Å². The van der Waals surface area contributed by atoms with Gasteiger partial charge in [0, 0.05) is 6.54 Å². The fourth-order valence-electron chi connectivity index (χ4n) is 2.63. The Labute approximate surface area is 221 Å². The van der Waals surface area contributed by atoms with E-state index >= 15 is 0 Å². The third-order valence-corrected chi connectivity index (χ3v) is 7.79. The van der Waals surface area contributed by atoms with E-state index < -0.39 is 49.6 Å². The molecule has 1 amide bonds. The average Bonchev–Trinajstić information content (AvgIpc) is 2.77. The molecule has 0 aliphatic carbocycles.